The molecule has 1 aliphatic carbocycles. The lowest BCUT2D eigenvalue weighted by molar-refractivity contribution is 0.0739. The van der Waals surface area contributed by atoms with Gasteiger partial charge in [-0.15, -0.1) is 0 Å². The molecule has 21 heavy (non-hydrogen) atoms. The Balaban J connectivity index is 1.58. The third kappa shape index (κ3) is 1.80. The lowest BCUT2D eigenvalue weighted by Gasteiger charge is -2.41. The predicted octanol–water partition coefficient (Wildman–Crippen LogP) is 3.63. The van der Waals surface area contributed by atoms with Crippen molar-refractivity contribution in [1.82, 2.24) is 14.5 Å². The van der Waals surface area contributed by atoms with Crippen molar-refractivity contribution in [2.45, 2.75) is 63.2 Å². The molecular formula is C17H20ClN3. The summed E-state index contributed by atoms with van der Waals surface area (Å²) < 4.78 is 2.46. The van der Waals surface area contributed by atoms with Crippen LogP contribution >= 0.6 is 11.6 Å². The SMILES string of the molecule is Clc1ccc2c(c1)nc1n2CC2CCC(C1)N2C1CCC1. The molecule has 5 rings (SSSR count). The van der Waals surface area contributed by atoms with Gasteiger partial charge in [0.2, 0.25) is 0 Å². The number of hydrogen-bond donors (Lipinski definition) is 0. The summed E-state index contributed by atoms with van der Waals surface area (Å²) in [5.74, 6) is 1.27. The second-order valence-electron chi connectivity index (χ2n) is 6.89. The fourth-order valence-electron chi connectivity index (χ4n) is 4.59. The van der Waals surface area contributed by atoms with Crippen LogP contribution in [0.3, 0.4) is 0 Å². The highest BCUT2D eigenvalue weighted by molar-refractivity contribution is 6.31. The summed E-state index contributed by atoms with van der Waals surface area (Å²) in [6.07, 6.45) is 8.06. The maximum absolute atomic E-state index is 6.12. The average molecular weight is 302 g/mol. The Morgan fingerprint density at radius 3 is 2.71 bits per heavy atom. The number of fused-ring (bicyclic) bond motifs is 5. The average Bonchev–Trinajstić information content (AvgIpc) is 2.86. The zero-order valence-corrected chi connectivity index (χ0v) is 12.9. The van der Waals surface area contributed by atoms with E-state index < -0.39 is 0 Å². The monoisotopic (exact) mass is 301 g/mol. The van der Waals surface area contributed by atoms with E-state index in [1.807, 2.05) is 12.1 Å². The van der Waals surface area contributed by atoms with Crippen LogP contribution in [0.25, 0.3) is 11.0 Å². The largest absolute Gasteiger partial charge is 0.326 e. The van der Waals surface area contributed by atoms with E-state index in [1.165, 1.54) is 43.4 Å². The van der Waals surface area contributed by atoms with E-state index in [-0.39, 0.29) is 0 Å². The van der Waals surface area contributed by atoms with Crippen LogP contribution in [-0.4, -0.2) is 32.6 Å². The minimum Gasteiger partial charge on any atom is -0.326 e. The quantitative estimate of drug-likeness (QED) is 0.802. The lowest BCUT2D eigenvalue weighted by Crippen LogP contribution is -2.48. The molecule has 2 unspecified atom stereocenters. The molecule has 1 aromatic heterocycles. The van der Waals surface area contributed by atoms with E-state index in [0.29, 0.717) is 6.04 Å². The van der Waals surface area contributed by atoms with Crippen LogP contribution in [0.5, 0.6) is 0 Å². The van der Waals surface area contributed by atoms with Crippen LogP contribution in [0.4, 0.5) is 0 Å². The third-order valence-electron chi connectivity index (χ3n) is 5.77. The Labute approximate surface area is 129 Å². The molecule has 1 saturated heterocycles. The van der Waals surface area contributed by atoms with Gasteiger partial charge in [0.25, 0.3) is 0 Å². The van der Waals surface area contributed by atoms with E-state index in [2.05, 4.69) is 15.5 Å². The highest BCUT2D eigenvalue weighted by Gasteiger charge is 2.42. The summed E-state index contributed by atoms with van der Waals surface area (Å²) in [6, 6.07) is 8.42. The zero-order chi connectivity index (χ0) is 14.0. The number of halogens is 1. The van der Waals surface area contributed by atoms with Gasteiger partial charge in [0.05, 0.1) is 11.0 Å². The molecule has 110 valence electrons. The van der Waals surface area contributed by atoms with Crippen molar-refractivity contribution >= 4 is 22.6 Å². The third-order valence-corrected chi connectivity index (χ3v) is 6.01. The number of rotatable bonds is 1. The molecule has 2 atom stereocenters. The van der Waals surface area contributed by atoms with Crippen LogP contribution in [0.15, 0.2) is 18.2 Å². The molecule has 3 aliphatic rings. The number of hydrogen-bond acceptors (Lipinski definition) is 2. The van der Waals surface area contributed by atoms with Crippen molar-refractivity contribution < 1.29 is 0 Å². The van der Waals surface area contributed by atoms with Crippen LogP contribution in [0, 0.1) is 0 Å². The predicted molar refractivity (Wildman–Crippen MR) is 84.7 cm³/mol. The highest BCUT2D eigenvalue weighted by atomic mass is 35.5. The Kier molecular flexibility index (Phi) is 2.65. The van der Waals surface area contributed by atoms with Crippen LogP contribution in [0.2, 0.25) is 5.02 Å². The van der Waals surface area contributed by atoms with Crippen LogP contribution in [0.1, 0.15) is 37.9 Å². The topological polar surface area (TPSA) is 21.1 Å². The smallest absolute Gasteiger partial charge is 0.111 e. The van der Waals surface area contributed by atoms with Gasteiger partial charge < -0.3 is 4.57 Å². The normalized spacial score (nSPS) is 29.4. The molecule has 1 aromatic carbocycles. The van der Waals surface area contributed by atoms with Gasteiger partial charge in [-0.2, -0.15) is 0 Å². The molecule has 2 aromatic rings. The molecule has 0 amide bonds. The molecule has 0 N–H and O–H groups in total. The summed E-state index contributed by atoms with van der Waals surface area (Å²) in [5, 5.41) is 0.787. The highest BCUT2D eigenvalue weighted by Crippen LogP contribution is 2.39. The van der Waals surface area contributed by atoms with E-state index in [1.54, 1.807) is 0 Å². The number of benzene rings is 1. The van der Waals surface area contributed by atoms with Crippen molar-refractivity contribution in [3.8, 4) is 0 Å². The van der Waals surface area contributed by atoms with Crippen molar-refractivity contribution in [2.24, 2.45) is 0 Å². The van der Waals surface area contributed by atoms with Gasteiger partial charge in [-0.05, 0) is 43.9 Å². The summed E-state index contributed by atoms with van der Waals surface area (Å²) in [5.41, 5.74) is 2.32. The first-order valence-corrected chi connectivity index (χ1v) is 8.59. The van der Waals surface area contributed by atoms with Gasteiger partial charge in [-0.3, -0.25) is 4.90 Å². The standard InChI is InChI=1S/C17H20ClN3/c18-11-4-7-16-15(8-11)19-17-9-13-5-6-14(10-20(16)17)21(13)12-2-1-3-12/h4,7-8,12-14H,1-3,5-6,9-10H2. The molecule has 0 radical (unpaired) electrons. The first-order chi connectivity index (χ1) is 10.3. The minimum absolute atomic E-state index is 0.717. The van der Waals surface area contributed by atoms with Crippen molar-refractivity contribution in [1.29, 1.82) is 0 Å². The Morgan fingerprint density at radius 1 is 1.05 bits per heavy atom. The molecule has 4 heteroatoms. The van der Waals surface area contributed by atoms with Crippen molar-refractivity contribution in [2.75, 3.05) is 0 Å². The maximum atomic E-state index is 6.12. The van der Waals surface area contributed by atoms with E-state index in [0.717, 1.165) is 35.6 Å². The molecule has 1 saturated carbocycles. The molecule has 2 aliphatic heterocycles. The Bertz CT molecular complexity index is 703. The lowest BCUT2D eigenvalue weighted by atomic mass is 9.90. The molecule has 2 fully saturated rings. The number of aromatic nitrogens is 2. The van der Waals surface area contributed by atoms with Gasteiger partial charge in [0, 0.05) is 36.1 Å². The molecule has 3 heterocycles. The van der Waals surface area contributed by atoms with Gasteiger partial charge in [0.15, 0.2) is 0 Å². The van der Waals surface area contributed by atoms with Gasteiger partial charge in [-0.25, -0.2) is 4.98 Å². The van der Waals surface area contributed by atoms with Crippen molar-refractivity contribution in [3.63, 3.8) is 0 Å². The molecule has 3 nitrogen and oxygen atoms in total. The second-order valence-corrected chi connectivity index (χ2v) is 7.33. The van der Waals surface area contributed by atoms with Crippen LogP contribution in [-0.2, 0) is 13.0 Å². The fourth-order valence-corrected chi connectivity index (χ4v) is 4.76. The van der Waals surface area contributed by atoms with E-state index >= 15 is 0 Å². The Morgan fingerprint density at radius 2 is 1.90 bits per heavy atom. The minimum atomic E-state index is 0.717. The first kappa shape index (κ1) is 12.5. The fraction of sp³-hybridized carbons (Fsp3) is 0.588. The second kappa shape index (κ2) is 4.47. The van der Waals surface area contributed by atoms with E-state index in [9.17, 15) is 0 Å². The van der Waals surface area contributed by atoms with Crippen molar-refractivity contribution in [3.05, 3.63) is 29.0 Å². The Hall–Kier alpha value is -1.06. The molecule has 0 spiro atoms. The first-order valence-electron chi connectivity index (χ1n) is 8.22. The summed E-state index contributed by atoms with van der Waals surface area (Å²) in [4.78, 5) is 7.73. The molecular weight excluding hydrogens is 282 g/mol. The van der Waals surface area contributed by atoms with Gasteiger partial charge in [-0.1, -0.05) is 18.0 Å². The summed E-state index contributed by atoms with van der Waals surface area (Å²) in [7, 11) is 0. The number of nitrogens with zero attached hydrogens (tertiary/aromatic N) is 3. The summed E-state index contributed by atoms with van der Waals surface area (Å²) in [6.45, 7) is 1.11. The molecule has 2 bridgehead atoms. The van der Waals surface area contributed by atoms with Gasteiger partial charge in [0.1, 0.15) is 5.82 Å². The number of imidazole rings is 1. The van der Waals surface area contributed by atoms with Gasteiger partial charge >= 0.3 is 0 Å². The van der Waals surface area contributed by atoms with Crippen LogP contribution < -0.4 is 0 Å². The zero-order valence-electron chi connectivity index (χ0n) is 12.1. The summed E-state index contributed by atoms with van der Waals surface area (Å²) >= 11 is 6.12. The van der Waals surface area contributed by atoms with E-state index in [4.69, 9.17) is 16.6 Å². The maximum Gasteiger partial charge on any atom is 0.111 e.